The van der Waals surface area contributed by atoms with Crippen LogP contribution in [0, 0.1) is 5.82 Å². The number of hydrogen-bond acceptors (Lipinski definition) is 3. The second-order valence-electron chi connectivity index (χ2n) is 3.42. The number of nitrogens with zero attached hydrogens (tertiary/aromatic N) is 1. The Hall–Kier alpha value is -1.81. The summed E-state index contributed by atoms with van der Waals surface area (Å²) in [5, 5.41) is 0.230. The van der Waals surface area contributed by atoms with Gasteiger partial charge in [0.1, 0.15) is 6.61 Å². The van der Waals surface area contributed by atoms with Gasteiger partial charge in [-0.1, -0.05) is 17.7 Å². The van der Waals surface area contributed by atoms with Crippen LogP contribution in [0.2, 0.25) is 5.02 Å². The van der Waals surface area contributed by atoms with Gasteiger partial charge in [0.25, 0.3) is 0 Å². The van der Waals surface area contributed by atoms with Crippen molar-refractivity contribution in [3.05, 3.63) is 53.1 Å². The fraction of sp³-hybridized carbons (Fsp3) is 0.0833. The molecule has 1 aromatic carbocycles. The molecule has 0 unspecified atom stereocenters. The van der Waals surface area contributed by atoms with Crippen molar-refractivity contribution in [3.63, 3.8) is 0 Å². The third-order valence-corrected chi connectivity index (χ3v) is 2.42. The molecule has 2 rings (SSSR count). The second kappa shape index (κ2) is 5.01. The van der Waals surface area contributed by atoms with E-state index in [-0.39, 0.29) is 17.4 Å². The normalized spacial score (nSPS) is 10.2. The SMILES string of the molecule is Nc1ccnc(COc2c(F)cccc2Cl)c1. The van der Waals surface area contributed by atoms with Crippen LogP contribution in [0.1, 0.15) is 5.69 Å². The first kappa shape index (κ1) is 11.7. The van der Waals surface area contributed by atoms with Crippen molar-refractivity contribution < 1.29 is 9.13 Å². The highest BCUT2D eigenvalue weighted by atomic mass is 35.5. The molecule has 0 radical (unpaired) electrons. The van der Waals surface area contributed by atoms with Crippen LogP contribution in [0.4, 0.5) is 10.1 Å². The zero-order valence-corrected chi connectivity index (χ0v) is 9.62. The van der Waals surface area contributed by atoms with Gasteiger partial charge in [0.15, 0.2) is 11.6 Å². The molecule has 0 fully saturated rings. The Labute approximate surface area is 103 Å². The van der Waals surface area contributed by atoms with Gasteiger partial charge in [-0.3, -0.25) is 4.98 Å². The van der Waals surface area contributed by atoms with E-state index in [1.807, 2.05) is 0 Å². The molecule has 2 aromatic rings. The average Bonchev–Trinajstić information content (AvgIpc) is 2.28. The molecule has 0 aliphatic rings. The first-order valence-corrected chi connectivity index (χ1v) is 5.32. The molecule has 2 N–H and O–H groups in total. The summed E-state index contributed by atoms with van der Waals surface area (Å²) in [5.41, 5.74) is 6.79. The molecule has 3 nitrogen and oxygen atoms in total. The Balaban J connectivity index is 2.13. The summed E-state index contributed by atoms with van der Waals surface area (Å²) in [5.74, 6) is -0.472. The van der Waals surface area contributed by atoms with Crippen molar-refractivity contribution in [2.75, 3.05) is 5.73 Å². The summed E-state index contributed by atoms with van der Waals surface area (Å²) in [4.78, 5) is 4.04. The maximum Gasteiger partial charge on any atom is 0.174 e. The molecular weight excluding hydrogens is 243 g/mol. The van der Waals surface area contributed by atoms with E-state index in [0.717, 1.165) is 0 Å². The van der Waals surface area contributed by atoms with Gasteiger partial charge in [-0.25, -0.2) is 4.39 Å². The summed E-state index contributed by atoms with van der Waals surface area (Å²) in [6.45, 7) is 0.117. The van der Waals surface area contributed by atoms with Crippen LogP contribution in [0.3, 0.4) is 0 Å². The molecule has 0 atom stereocenters. The fourth-order valence-electron chi connectivity index (χ4n) is 1.34. The molecule has 0 aliphatic heterocycles. The van der Waals surface area contributed by atoms with E-state index < -0.39 is 5.82 Å². The largest absolute Gasteiger partial charge is 0.483 e. The third kappa shape index (κ3) is 2.85. The lowest BCUT2D eigenvalue weighted by Gasteiger charge is -2.08. The minimum Gasteiger partial charge on any atom is -0.483 e. The molecule has 1 heterocycles. The average molecular weight is 253 g/mol. The van der Waals surface area contributed by atoms with E-state index in [1.165, 1.54) is 12.1 Å². The predicted molar refractivity (Wildman–Crippen MR) is 64.4 cm³/mol. The summed E-state index contributed by atoms with van der Waals surface area (Å²) < 4.78 is 18.7. The third-order valence-electron chi connectivity index (χ3n) is 2.12. The van der Waals surface area contributed by atoms with E-state index in [0.29, 0.717) is 11.4 Å². The highest BCUT2D eigenvalue weighted by Gasteiger charge is 2.08. The minimum absolute atomic E-state index is 0.0263. The number of rotatable bonds is 3. The first-order valence-electron chi connectivity index (χ1n) is 4.94. The van der Waals surface area contributed by atoms with Crippen LogP contribution in [0.5, 0.6) is 5.75 Å². The number of para-hydroxylation sites is 1. The van der Waals surface area contributed by atoms with Gasteiger partial charge in [-0.05, 0) is 24.3 Å². The maximum atomic E-state index is 13.4. The number of anilines is 1. The first-order chi connectivity index (χ1) is 8.16. The Bertz CT molecular complexity index is 513. The molecule has 0 spiro atoms. The highest BCUT2D eigenvalue weighted by molar-refractivity contribution is 6.32. The smallest absolute Gasteiger partial charge is 0.174 e. The van der Waals surface area contributed by atoms with Gasteiger partial charge >= 0.3 is 0 Å². The van der Waals surface area contributed by atoms with Crippen molar-refractivity contribution in [3.8, 4) is 5.75 Å². The number of pyridine rings is 1. The molecule has 5 heteroatoms. The van der Waals surface area contributed by atoms with Gasteiger partial charge in [-0.2, -0.15) is 0 Å². The molecule has 88 valence electrons. The second-order valence-corrected chi connectivity index (χ2v) is 3.83. The van der Waals surface area contributed by atoms with Crippen LogP contribution < -0.4 is 10.5 Å². The molecule has 0 aliphatic carbocycles. The summed E-state index contributed by atoms with van der Waals surface area (Å²) in [7, 11) is 0. The molecule has 0 saturated carbocycles. The summed E-state index contributed by atoms with van der Waals surface area (Å²) >= 11 is 5.82. The lowest BCUT2D eigenvalue weighted by atomic mass is 10.3. The van der Waals surface area contributed by atoms with Crippen molar-refractivity contribution >= 4 is 17.3 Å². The molecule has 17 heavy (non-hydrogen) atoms. The predicted octanol–water partition coefficient (Wildman–Crippen LogP) is 3.04. The Morgan fingerprint density at radius 1 is 1.35 bits per heavy atom. The van der Waals surface area contributed by atoms with Gasteiger partial charge in [-0.15, -0.1) is 0 Å². The summed E-state index contributed by atoms with van der Waals surface area (Å²) in [6, 6.07) is 7.69. The number of hydrogen-bond donors (Lipinski definition) is 1. The van der Waals surface area contributed by atoms with E-state index in [4.69, 9.17) is 22.1 Å². The number of aromatic nitrogens is 1. The lowest BCUT2D eigenvalue weighted by molar-refractivity contribution is 0.286. The quantitative estimate of drug-likeness (QED) is 0.913. The standard InChI is InChI=1S/C12H10ClFN2O/c13-10-2-1-3-11(14)12(10)17-7-9-6-8(15)4-5-16-9/h1-6H,7H2,(H2,15,16). The van der Waals surface area contributed by atoms with Crippen LogP contribution >= 0.6 is 11.6 Å². The minimum atomic E-state index is -0.499. The van der Waals surface area contributed by atoms with Crippen molar-refractivity contribution in [1.82, 2.24) is 4.98 Å². The number of halogens is 2. The van der Waals surface area contributed by atoms with Gasteiger partial charge in [0.05, 0.1) is 10.7 Å². The monoisotopic (exact) mass is 252 g/mol. The van der Waals surface area contributed by atoms with Crippen molar-refractivity contribution in [1.29, 1.82) is 0 Å². The number of ether oxygens (including phenoxy) is 1. The molecule has 0 saturated heterocycles. The Morgan fingerprint density at radius 2 is 2.18 bits per heavy atom. The van der Waals surface area contributed by atoms with Crippen LogP contribution in [0.25, 0.3) is 0 Å². The van der Waals surface area contributed by atoms with Crippen LogP contribution in [-0.4, -0.2) is 4.98 Å². The molecule has 0 bridgehead atoms. The summed E-state index contributed by atoms with van der Waals surface area (Å²) in [6.07, 6.45) is 1.57. The van der Waals surface area contributed by atoms with E-state index in [9.17, 15) is 4.39 Å². The lowest BCUT2D eigenvalue weighted by Crippen LogP contribution is -2.01. The van der Waals surface area contributed by atoms with Gasteiger partial charge in [0.2, 0.25) is 0 Å². The van der Waals surface area contributed by atoms with Crippen LogP contribution in [0.15, 0.2) is 36.5 Å². The highest BCUT2D eigenvalue weighted by Crippen LogP contribution is 2.27. The fourth-order valence-corrected chi connectivity index (χ4v) is 1.56. The number of nitrogens with two attached hydrogens (primary N) is 1. The number of benzene rings is 1. The Morgan fingerprint density at radius 3 is 2.88 bits per heavy atom. The zero-order chi connectivity index (χ0) is 12.3. The zero-order valence-electron chi connectivity index (χ0n) is 8.86. The molecule has 0 amide bonds. The van der Waals surface area contributed by atoms with Gasteiger partial charge in [0, 0.05) is 11.9 Å². The topological polar surface area (TPSA) is 48.1 Å². The number of nitrogen functional groups attached to an aromatic ring is 1. The van der Waals surface area contributed by atoms with E-state index in [2.05, 4.69) is 4.98 Å². The molecule has 1 aromatic heterocycles. The molecular formula is C12H10ClFN2O. The van der Waals surface area contributed by atoms with Crippen LogP contribution in [-0.2, 0) is 6.61 Å². The maximum absolute atomic E-state index is 13.4. The Kier molecular flexibility index (Phi) is 3.44. The van der Waals surface area contributed by atoms with E-state index >= 15 is 0 Å². The van der Waals surface area contributed by atoms with Crippen molar-refractivity contribution in [2.45, 2.75) is 6.61 Å². The van der Waals surface area contributed by atoms with Gasteiger partial charge < -0.3 is 10.5 Å². The van der Waals surface area contributed by atoms with Crippen molar-refractivity contribution in [2.24, 2.45) is 0 Å². The van der Waals surface area contributed by atoms with E-state index in [1.54, 1.807) is 24.4 Å².